The van der Waals surface area contributed by atoms with Crippen LogP contribution in [0, 0.1) is 5.82 Å². The van der Waals surface area contributed by atoms with Crippen molar-refractivity contribution in [1.82, 2.24) is 15.1 Å². The van der Waals surface area contributed by atoms with Gasteiger partial charge in [0.1, 0.15) is 11.6 Å². The van der Waals surface area contributed by atoms with Crippen LogP contribution in [0.1, 0.15) is 42.4 Å². The second-order valence-electron chi connectivity index (χ2n) is 9.73. The molecule has 3 amide bonds. The van der Waals surface area contributed by atoms with Gasteiger partial charge in [-0.05, 0) is 53.1 Å². The van der Waals surface area contributed by atoms with Gasteiger partial charge in [0.2, 0.25) is 0 Å². The van der Waals surface area contributed by atoms with Gasteiger partial charge in [-0.1, -0.05) is 51.1 Å². The second kappa shape index (κ2) is 8.96. The number of anilines is 2. The van der Waals surface area contributed by atoms with Crippen LogP contribution in [-0.4, -0.2) is 21.7 Å². The average Bonchev–Trinajstić information content (AvgIpc) is 3.43. The maximum Gasteiger partial charge on any atom is 0.324 e. The number of halogens is 1. The van der Waals surface area contributed by atoms with Gasteiger partial charge in [-0.3, -0.25) is 10.1 Å². The summed E-state index contributed by atoms with van der Waals surface area (Å²) in [5.41, 5.74) is 5.21. The zero-order valence-corrected chi connectivity index (χ0v) is 20.2. The number of rotatable bonds is 4. The number of fused-ring (bicyclic) bond motifs is 1. The van der Waals surface area contributed by atoms with Crippen molar-refractivity contribution >= 4 is 23.4 Å². The highest BCUT2D eigenvalue weighted by atomic mass is 19.1. The van der Waals surface area contributed by atoms with Crippen LogP contribution in [0.3, 0.4) is 0 Å². The van der Waals surface area contributed by atoms with Crippen LogP contribution < -0.4 is 16.0 Å². The van der Waals surface area contributed by atoms with E-state index in [1.165, 1.54) is 16.8 Å². The van der Waals surface area contributed by atoms with Crippen molar-refractivity contribution in [3.05, 3.63) is 95.4 Å². The Morgan fingerprint density at radius 3 is 2.42 bits per heavy atom. The molecule has 5 rings (SSSR count). The van der Waals surface area contributed by atoms with Crippen molar-refractivity contribution in [3.63, 3.8) is 0 Å². The normalized spacial score (nSPS) is 12.7. The van der Waals surface area contributed by atoms with Gasteiger partial charge in [-0.15, -0.1) is 0 Å². The van der Waals surface area contributed by atoms with Crippen LogP contribution in [0.2, 0.25) is 0 Å². The highest BCUT2D eigenvalue weighted by molar-refractivity contribution is 6.01. The third-order valence-electron chi connectivity index (χ3n) is 6.07. The molecule has 0 radical (unpaired) electrons. The zero-order chi connectivity index (χ0) is 25.4. The van der Waals surface area contributed by atoms with Crippen LogP contribution in [-0.2, 0) is 12.0 Å². The lowest BCUT2D eigenvalue weighted by molar-refractivity contribution is 0.0965. The van der Waals surface area contributed by atoms with Gasteiger partial charge in [0, 0.05) is 29.3 Å². The fourth-order valence-corrected chi connectivity index (χ4v) is 4.18. The minimum Gasteiger partial charge on any atom is -0.348 e. The van der Waals surface area contributed by atoms with E-state index in [0.29, 0.717) is 29.3 Å². The van der Waals surface area contributed by atoms with Crippen LogP contribution in [0.5, 0.6) is 0 Å². The molecule has 36 heavy (non-hydrogen) atoms. The monoisotopic (exact) mass is 483 g/mol. The van der Waals surface area contributed by atoms with E-state index < -0.39 is 6.03 Å². The highest BCUT2D eigenvalue weighted by Crippen LogP contribution is 2.30. The summed E-state index contributed by atoms with van der Waals surface area (Å²) in [5, 5.41) is 13.1. The number of carbonyl (C=O) groups is 2. The van der Waals surface area contributed by atoms with E-state index in [4.69, 9.17) is 0 Å². The number of hydrogen-bond donors (Lipinski definition) is 3. The first kappa shape index (κ1) is 23.3. The Labute approximate surface area is 208 Å². The fourth-order valence-electron chi connectivity index (χ4n) is 4.18. The van der Waals surface area contributed by atoms with Crippen LogP contribution >= 0.6 is 0 Å². The minimum absolute atomic E-state index is 0.0612. The summed E-state index contributed by atoms with van der Waals surface area (Å²) in [5.74, 6) is -0.0226. The smallest absolute Gasteiger partial charge is 0.324 e. The Hall–Kier alpha value is -4.46. The molecule has 1 aromatic heterocycles. The van der Waals surface area contributed by atoms with E-state index in [-0.39, 0.29) is 17.1 Å². The molecule has 3 aromatic carbocycles. The Balaban J connectivity index is 1.35. The SMILES string of the molecule is CC(C)(C)c1cc(NC(=O)Nc2ccc(-c3cccc4c3CNC4=O)cc2)n(-c2cccc(F)c2)n1. The van der Waals surface area contributed by atoms with E-state index in [9.17, 15) is 14.0 Å². The molecule has 4 aromatic rings. The Bertz CT molecular complexity index is 1470. The van der Waals surface area contributed by atoms with E-state index >= 15 is 0 Å². The maximum atomic E-state index is 13.9. The standard InChI is InChI=1S/C28H26FN5O2/c1-28(2,3)24-15-25(34(33-24)20-7-4-6-18(29)14-20)32-27(36)31-19-12-10-17(11-13-19)21-8-5-9-22-23(21)16-30-26(22)35/h4-15H,16H2,1-3H3,(H,30,35)(H2,31,32,36). The molecule has 1 aliphatic heterocycles. The molecule has 1 aliphatic rings. The first-order chi connectivity index (χ1) is 17.2. The predicted octanol–water partition coefficient (Wildman–Crippen LogP) is 5.86. The molecule has 0 unspecified atom stereocenters. The number of benzene rings is 3. The molecule has 8 heteroatoms. The molecule has 0 saturated carbocycles. The van der Waals surface area contributed by atoms with Crippen LogP contribution in [0.25, 0.3) is 16.8 Å². The molecule has 0 saturated heterocycles. The van der Waals surface area contributed by atoms with Crippen LogP contribution in [0.15, 0.2) is 72.8 Å². The van der Waals surface area contributed by atoms with Crippen molar-refractivity contribution in [3.8, 4) is 16.8 Å². The molecular formula is C28H26FN5O2. The van der Waals surface area contributed by atoms with Crippen molar-refractivity contribution in [2.45, 2.75) is 32.7 Å². The lowest BCUT2D eigenvalue weighted by atomic mass is 9.92. The van der Waals surface area contributed by atoms with Gasteiger partial charge < -0.3 is 10.6 Å². The Kier molecular flexibility index (Phi) is 5.80. The first-order valence-corrected chi connectivity index (χ1v) is 11.6. The Morgan fingerprint density at radius 1 is 0.972 bits per heavy atom. The minimum atomic E-state index is -0.448. The van der Waals surface area contributed by atoms with Gasteiger partial charge in [-0.2, -0.15) is 5.10 Å². The van der Waals surface area contributed by atoms with Crippen LogP contribution in [0.4, 0.5) is 20.7 Å². The number of hydrogen-bond acceptors (Lipinski definition) is 3. The molecule has 0 aliphatic carbocycles. The second-order valence-corrected chi connectivity index (χ2v) is 9.73. The topological polar surface area (TPSA) is 88.0 Å². The van der Waals surface area contributed by atoms with E-state index in [2.05, 4.69) is 21.0 Å². The molecule has 7 nitrogen and oxygen atoms in total. The van der Waals surface area contributed by atoms with Crippen molar-refractivity contribution < 1.29 is 14.0 Å². The summed E-state index contributed by atoms with van der Waals surface area (Å²) in [6.07, 6.45) is 0. The third kappa shape index (κ3) is 4.57. The first-order valence-electron chi connectivity index (χ1n) is 11.6. The number of urea groups is 1. The summed E-state index contributed by atoms with van der Waals surface area (Å²) in [7, 11) is 0. The molecule has 3 N–H and O–H groups in total. The van der Waals surface area contributed by atoms with E-state index in [0.717, 1.165) is 22.4 Å². The number of amides is 3. The van der Waals surface area contributed by atoms with Crippen molar-refractivity contribution in [2.24, 2.45) is 0 Å². The summed E-state index contributed by atoms with van der Waals surface area (Å²) >= 11 is 0. The zero-order valence-electron chi connectivity index (χ0n) is 20.2. The maximum absolute atomic E-state index is 13.9. The molecular weight excluding hydrogens is 457 g/mol. The number of nitrogens with one attached hydrogen (secondary N) is 3. The van der Waals surface area contributed by atoms with Gasteiger partial charge in [0.15, 0.2) is 0 Å². The fraction of sp³-hybridized carbons (Fsp3) is 0.179. The summed E-state index contributed by atoms with van der Waals surface area (Å²) in [6, 6.07) is 20.5. The predicted molar refractivity (Wildman–Crippen MR) is 138 cm³/mol. The largest absolute Gasteiger partial charge is 0.348 e. The van der Waals surface area contributed by atoms with Gasteiger partial charge in [0.25, 0.3) is 5.91 Å². The van der Waals surface area contributed by atoms with E-state index in [1.54, 1.807) is 18.2 Å². The van der Waals surface area contributed by atoms with E-state index in [1.807, 2.05) is 63.2 Å². The number of carbonyl (C=O) groups excluding carboxylic acids is 2. The molecule has 0 fully saturated rings. The summed E-state index contributed by atoms with van der Waals surface area (Å²) < 4.78 is 15.4. The van der Waals surface area contributed by atoms with Crippen molar-refractivity contribution in [2.75, 3.05) is 10.6 Å². The number of aromatic nitrogens is 2. The Morgan fingerprint density at radius 2 is 1.69 bits per heavy atom. The average molecular weight is 484 g/mol. The highest BCUT2D eigenvalue weighted by Gasteiger charge is 2.23. The molecule has 182 valence electrons. The third-order valence-corrected chi connectivity index (χ3v) is 6.07. The summed E-state index contributed by atoms with van der Waals surface area (Å²) in [4.78, 5) is 24.8. The quantitative estimate of drug-likeness (QED) is 0.340. The van der Waals surface area contributed by atoms with Gasteiger partial charge in [-0.25, -0.2) is 13.9 Å². The van der Waals surface area contributed by atoms with Gasteiger partial charge in [0.05, 0.1) is 11.4 Å². The number of nitrogens with zero attached hydrogens (tertiary/aromatic N) is 2. The molecule has 0 spiro atoms. The summed E-state index contributed by atoms with van der Waals surface area (Å²) in [6.45, 7) is 6.56. The van der Waals surface area contributed by atoms with Crippen molar-refractivity contribution in [1.29, 1.82) is 0 Å². The lowest BCUT2D eigenvalue weighted by Crippen LogP contribution is -2.21. The molecule has 2 heterocycles. The molecule has 0 bridgehead atoms. The lowest BCUT2D eigenvalue weighted by Gasteiger charge is -2.14. The molecule has 0 atom stereocenters. The van der Waals surface area contributed by atoms with Gasteiger partial charge >= 0.3 is 6.03 Å².